The third kappa shape index (κ3) is 3.37. The van der Waals surface area contributed by atoms with Crippen molar-refractivity contribution in [1.82, 2.24) is 0 Å². The van der Waals surface area contributed by atoms with Crippen LogP contribution in [0.3, 0.4) is 0 Å². The average molecular weight is 339 g/mol. The molecule has 1 N–H and O–H groups in total. The van der Waals surface area contributed by atoms with Crippen molar-refractivity contribution in [2.24, 2.45) is 0 Å². The van der Waals surface area contributed by atoms with Gasteiger partial charge in [-0.2, -0.15) is 0 Å². The highest BCUT2D eigenvalue weighted by Crippen LogP contribution is 2.26. The van der Waals surface area contributed by atoms with Crippen molar-refractivity contribution in [3.8, 4) is 0 Å². The number of rotatable bonds is 3. The number of aryl methyl sites for hydroxylation is 1. The largest absolute Gasteiger partial charge is 0.322 e. The summed E-state index contributed by atoms with van der Waals surface area (Å²) in [5.74, 6) is -0.105. The summed E-state index contributed by atoms with van der Waals surface area (Å²) in [6.45, 7) is 2.03. The number of halogens is 2. The monoisotopic (exact) mass is 337 g/mol. The van der Waals surface area contributed by atoms with Gasteiger partial charge in [-0.3, -0.25) is 4.79 Å². The Balaban J connectivity index is 2.23. The van der Waals surface area contributed by atoms with E-state index >= 15 is 0 Å². The Morgan fingerprint density at radius 2 is 2.00 bits per heavy atom. The van der Waals surface area contributed by atoms with Gasteiger partial charge in [0.25, 0.3) is 5.91 Å². The number of benzene rings is 2. The van der Waals surface area contributed by atoms with Crippen LogP contribution in [-0.2, 0) is 6.42 Å². The molecule has 0 aromatic heterocycles. The first-order valence-electron chi connectivity index (χ1n) is 5.96. The molecular formula is C15H13BrClNO. The number of anilines is 1. The second kappa shape index (κ2) is 6.22. The third-order valence-corrected chi connectivity index (χ3v) is 4.03. The molecule has 19 heavy (non-hydrogen) atoms. The Kier molecular flexibility index (Phi) is 4.61. The van der Waals surface area contributed by atoms with E-state index in [0.717, 1.165) is 16.5 Å². The van der Waals surface area contributed by atoms with Crippen LogP contribution in [0.2, 0.25) is 5.02 Å². The normalized spacial score (nSPS) is 10.3. The van der Waals surface area contributed by atoms with E-state index in [0.29, 0.717) is 16.3 Å². The Labute approximate surface area is 125 Å². The summed E-state index contributed by atoms with van der Waals surface area (Å²) in [7, 11) is 0. The highest BCUT2D eigenvalue weighted by atomic mass is 79.9. The maximum absolute atomic E-state index is 12.2. The molecule has 0 fully saturated rings. The predicted octanol–water partition coefficient (Wildman–Crippen LogP) is 4.92. The van der Waals surface area contributed by atoms with Crippen molar-refractivity contribution in [3.63, 3.8) is 0 Å². The van der Waals surface area contributed by atoms with Gasteiger partial charge in [0.2, 0.25) is 0 Å². The molecule has 0 atom stereocenters. The Morgan fingerprint density at radius 3 is 2.68 bits per heavy atom. The first kappa shape index (κ1) is 14.1. The van der Waals surface area contributed by atoms with Crippen LogP contribution >= 0.6 is 27.5 Å². The van der Waals surface area contributed by atoms with E-state index in [2.05, 4.69) is 21.2 Å². The zero-order valence-electron chi connectivity index (χ0n) is 10.4. The Hall–Kier alpha value is -1.32. The minimum Gasteiger partial charge on any atom is -0.322 e. The van der Waals surface area contributed by atoms with E-state index in [1.807, 2.05) is 31.2 Å². The molecule has 0 saturated heterocycles. The van der Waals surface area contributed by atoms with E-state index in [-0.39, 0.29) is 5.91 Å². The number of carbonyl (C=O) groups excluding carboxylic acids is 1. The molecule has 2 nitrogen and oxygen atoms in total. The van der Waals surface area contributed by atoms with E-state index in [1.165, 1.54) is 0 Å². The van der Waals surface area contributed by atoms with Crippen molar-refractivity contribution in [3.05, 3.63) is 63.1 Å². The molecule has 2 aromatic carbocycles. The predicted molar refractivity (Wildman–Crippen MR) is 82.9 cm³/mol. The number of carbonyl (C=O) groups is 1. The van der Waals surface area contributed by atoms with Crippen molar-refractivity contribution in [2.45, 2.75) is 13.3 Å². The van der Waals surface area contributed by atoms with Gasteiger partial charge in [-0.15, -0.1) is 0 Å². The minimum absolute atomic E-state index is 0.105. The molecule has 0 saturated carbocycles. The van der Waals surface area contributed by atoms with Crippen LogP contribution in [-0.4, -0.2) is 5.91 Å². The summed E-state index contributed by atoms with van der Waals surface area (Å²) in [5, 5.41) is 3.49. The van der Waals surface area contributed by atoms with Gasteiger partial charge in [-0.25, -0.2) is 0 Å². The van der Waals surface area contributed by atoms with Crippen LogP contribution in [0.1, 0.15) is 22.8 Å². The molecule has 4 heteroatoms. The molecule has 0 radical (unpaired) electrons. The molecule has 2 rings (SSSR count). The zero-order chi connectivity index (χ0) is 13.8. The van der Waals surface area contributed by atoms with Crippen molar-refractivity contribution < 1.29 is 4.79 Å². The number of hydrogen-bond acceptors (Lipinski definition) is 1. The van der Waals surface area contributed by atoms with Crippen LogP contribution in [0.15, 0.2) is 46.9 Å². The van der Waals surface area contributed by atoms with Crippen LogP contribution in [0.5, 0.6) is 0 Å². The van der Waals surface area contributed by atoms with Gasteiger partial charge in [0.05, 0.1) is 5.02 Å². The molecule has 0 bridgehead atoms. The molecule has 98 valence electrons. The van der Waals surface area contributed by atoms with Crippen LogP contribution in [0.4, 0.5) is 5.69 Å². The fraction of sp³-hybridized carbons (Fsp3) is 0.133. The minimum atomic E-state index is -0.105. The summed E-state index contributed by atoms with van der Waals surface area (Å²) >= 11 is 9.26. The van der Waals surface area contributed by atoms with E-state index in [9.17, 15) is 4.79 Å². The maximum Gasteiger partial charge on any atom is 0.255 e. The number of nitrogens with one attached hydrogen (secondary N) is 1. The quantitative estimate of drug-likeness (QED) is 0.846. The van der Waals surface area contributed by atoms with Crippen LogP contribution in [0, 0.1) is 0 Å². The second-order valence-electron chi connectivity index (χ2n) is 4.09. The molecule has 0 aliphatic rings. The number of amides is 1. The van der Waals surface area contributed by atoms with E-state index < -0.39 is 0 Å². The van der Waals surface area contributed by atoms with Gasteiger partial charge < -0.3 is 5.32 Å². The second-order valence-corrected chi connectivity index (χ2v) is 5.36. The van der Waals surface area contributed by atoms with Gasteiger partial charge in [0.1, 0.15) is 0 Å². The molecule has 1 amide bonds. The molecule has 0 heterocycles. The van der Waals surface area contributed by atoms with Crippen LogP contribution < -0.4 is 5.32 Å². The molecule has 0 aliphatic heterocycles. The lowest BCUT2D eigenvalue weighted by molar-refractivity contribution is 0.102. The Bertz CT molecular complexity index is 613. The van der Waals surface area contributed by atoms with Crippen molar-refractivity contribution in [2.75, 3.05) is 5.32 Å². The van der Waals surface area contributed by atoms with Crippen molar-refractivity contribution >= 4 is 39.1 Å². The smallest absolute Gasteiger partial charge is 0.255 e. The molecular weight excluding hydrogens is 326 g/mol. The average Bonchev–Trinajstić information content (AvgIpc) is 2.43. The summed E-state index contributed by atoms with van der Waals surface area (Å²) < 4.78 is 0.760. The van der Waals surface area contributed by atoms with Gasteiger partial charge in [-0.1, -0.05) is 36.7 Å². The lowest BCUT2D eigenvalue weighted by Crippen LogP contribution is -2.14. The van der Waals surface area contributed by atoms with Gasteiger partial charge in [0, 0.05) is 15.7 Å². The summed E-state index contributed by atoms with van der Waals surface area (Å²) in [5.41, 5.74) is 2.45. The molecule has 2 aromatic rings. The fourth-order valence-corrected chi connectivity index (χ4v) is 2.32. The maximum atomic E-state index is 12.2. The third-order valence-electron chi connectivity index (χ3n) is 2.82. The van der Waals surface area contributed by atoms with Gasteiger partial charge in [0.15, 0.2) is 0 Å². The SMILES string of the molecule is CCc1ccccc1C(=O)Nc1ccc(Cl)c(Br)c1. The molecule has 0 aliphatic carbocycles. The Morgan fingerprint density at radius 1 is 1.26 bits per heavy atom. The first-order chi connectivity index (χ1) is 9.11. The standard InChI is InChI=1S/C15H13BrClNO/c1-2-10-5-3-4-6-12(10)15(19)18-11-7-8-14(17)13(16)9-11/h3-9H,2H2,1H3,(H,18,19). The highest BCUT2D eigenvalue weighted by Gasteiger charge is 2.10. The fourth-order valence-electron chi connectivity index (χ4n) is 1.82. The first-order valence-corrected chi connectivity index (χ1v) is 7.13. The zero-order valence-corrected chi connectivity index (χ0v) is 12.8. The van der Waals surface area contributed by atoms with E-state index in [4.69, 9.17) is 11.6 Å². The van der Waals surface area contributed by atoms with Gasteiger partial charge in [-0.05, 0) is 52.2 Å². The molecule has 0 unspecified atom stereocenters. The number of hydrogen-bond donors (Lipinski definition) is 1. The topological polar surface area (TPSA) is 29.1 Å². The lowest BCUT2D eigenvalue weighted by atomic mass is 10.0. The van der Waals surface area contributed by atoms with Crippen LogP contribution in [0.25, 0.3) is 0 Å². The summed E-state index contributed by atoms with van der Waals surface area (Å²) in [4.78, 5) is 12.2. The summed E-state index contributed by atoms with van der Waals surface area (Å²) in [6.07, 6.45) is 0.827. The summed E-state index contributed by atoms with van der Waals surface area (Å²) in [6, 6.07) is 12.9. The van der Waals surface area contributed by atoms with Crippen molar-refractivity contribution in [1.29, 1.82) is 0 Å². The highest BCUT2D eigenvalue weighted by molar-refractivity contribution is 9.10. The van der Waals surface area contributed by atoms with Gasteiger partial charge >= 0.3 is 0 Å². The molecule has 0 spiro atoms. The van der Waals surface area contributed by atoms with E-state index in [1.54, 1.807) is 18.2 Å². The lowest BCUT2D eigenvalue weighted by Gasteiger charge is -2.09.